The maximum atomic E-state index is 11.8. The van der Waals surface area contributed by atoms with Gasteiger partial charge in [-0.2, -0.15) is 0 Å². The average Bonchev–Trinajstić information content (AvgIpc) is 2.65. The van der Waals surface area contributed by atoms with Crippen molar-refractivity contribution < 1.29 is 0 Å². The van der Waals surface area contributed by atoms with E-state index in [0.29, 0.717) is 16.8 Å². The molecule has 0 saturated heterocycles. The standard InChI is InChI=1S/C10H8BrClN2OS/c1-6-13-4-8(11)10(15)14(6)5-7-2-3-9(12)16-7/h2-4H,5H2,1H3. The van der Waals surface area contributed by atoms with Crippen molar-refractivity contribution in [3.63, 3.8) is 0 Å². The first-order valence-electron chi connectivity index (χ1n) is 4.54. The highest BCUT2D eigenvalue weighted by atomic mass is 79.9. The van der Waals surface area contributed by atoms with Crippen LogP contribution in [0, 0.1) is 6.92 Å². The number of thiophene rings is 1. The molecule has 0 saturated carbocycles. The van der Waals surface area contributed by atoms with Crippen LogP contribution in [-0.2, 0) is 6.54 Å². The van der Waals surface area contributed by atoms with Crippen LogP contribution < -0.4 is 5.56 Å². The fraction of sp³-hybridized carbons (Fsp3) is 0.200. The highest BCUT2D eigenvalue weighted by Crippen LogP contribution is 2.22. The lowest BCUT2D eigenvalue weighted by Crippen LogP contribution is -2.24. The Hall–Kier alpha value is -0.650. The molecule has 0 spiro atoms. The van der Waals surface area contributed by atoms with Crippen LogP contribution in [0.1, 0.15) is 10.7 Å². The summed E-state index contributed by atoms with van der Waals surface area (Å²) in [7, 11) is 0. The molecule has 6 heteroatoms. The molecular formula is C10H8BrClN2OS. The molecule has 0 aliphatic carbocycles. The smallest absolute Gasteiger partial charge is 0.268 e. The molecule has 0 aliphatic rings. The van der Waals surface area contributed by atoms with Gasteiger partial charge in [0, 0.05) is 11.1 Å². The minimum Gasteiger partial charge on any atom is -0.291 e. The molecule has 0 aliphatic heterocycles. The molecule has 0 fully saturated rings. The van der Waals surface area contributed by atoms with Crippen LogP contribution in [-0.4, -0.2) is 9.55 Å². The van der Waals surface area contributed by atoms with Gasteiger partial charge in [0.05, 0.1) is 10.9 Å². The van der Waals surface area contributed by atoms with Crippen molar-refractivity contribution in [2.24, 2.45) is 0 Å². The third kappa shape index (κ3) is 2.36. The van der Waals surface area contributed by atoms with Crippen molar-refractivity contribution in [3.8, 4) is 0 Å². The quantitative estimate of drug-likeness (QED) is 0.852. The van der Waals surface area contributed by atoms with E-state index in [9.17, 15) is 4.79 Å². The molecule has 3 nitrogen and oxygen atoms in total. The molecule has 0 aromatic carbocycles. The molecule has 2 heterocycles. The van der Waals surface area contributed by atoms with Crippen molar-refractivity contribution in [1.29, 1.82) is 0 Å². The molecule has 0 N–H and O–H groups in total. The fourth-order valence-corrected chi connectivity index (χ4v) is 2.72. The summed E-state index contributed by atoms with van der Waals surface area (Å²) in [6.45, 7) is 2.32. The number of rotatable bonds is 2. The van der Waals surface area contributed by atoms with Gasteiger partial charge in [-0.1, -0.05) is 11.6 Å². The van der Waals surface area contributed by atoms with Crippen molar-refractivity contribution in [3.05, 3.63) is 48.2 Å². The maximum Gasteiger partial charge on any atom is 0.268 e. The van der Waals surface area contributed by atoms with Gasteiger partial charge < -0.3 is 0 Å². The lowest BCUT2D eigenvalue weighted by Gasteiger charge is -2.07. The molecule has 0 radical (unpaired) electrons. The van der Waals surface area contributed by atoms with Gasteiger partial charge in [-0.05, 0) is 35.0 Å². The predicted molar refractivity (Wildman–Crippen MR) is 69.4 cm³/mol. The summed E-state index contributed by atoms with van der Waals surface area (Å²) in [4.78, 5) is 17.0. The molecule has 2 aromatic heterocycles. The minimum absolute atomic E-state index is 0.0722. The predicted octanol–water partition coefficient (Wildman–Crippen LogP) is 3.08. The SMILES string of the molecule is Cc1ncc(Br)c(=O)n1Cc1ccc(Cl)s1. The van der Waals surface area contributed by atoms with E-state index in [4.69, 9.17) is 11.6 Å². The van der Waals surface area contributed by atoms with Gasteiger partial charge in [0.25, 0.3) is 5.56 Å². The highest BCUT2D eigenvalue weighted by Gasteiger charge is 2.07. The summed E-state index contributed by atoms with van der Waals surface area (Å²) in [5.74, 6) is 0.692. The number of hydrogen-bond acceptors (Lipinski definition) is 3. The van der Waals surface area contributed by atoms with Crippen LogP contribution in [0.5, 0.6) is 0 Å². The van der Waals surface area contributed by atoms with E-state index in [1.54, 1.807) is 4.57 Å². The number of nitrogens with zero attached hydrogens (tertiary/aromatic N) is 2. The first kappa shape index (κ1) is 11.8. The summed E-state index contributed by atoms with van der Waals surface area (Å²) >= 11 is 10.5. The first-order chi connectivity index (χ1) is 7.58. The Kier molecular flexibility index (Phi) is 3.47. The summed E-state index contributed by atoms with van der Waals surface area (Å²) in [6.07, 6.45) is 1.52. The lowest BCUT2D eigenvalue weighted by molar-refractivity contribution is 0.703. The fourth-order valence-electron chi connectivity index (χ4n) is 1.33. The van der Waals surface area contributed by atoms with Crippen LogP contribution in [0.25, 0.3) is 0 Å². The summed E-state index contributed by atoms with van der Waals surface area (Å²) in [6, 6.07) is 3.74. The highest BCUT2D eigenvalue weighted by molar-refractivity contribution is 9.10. The van der Waals surface area contributed by atoms with Crippen LogP contribution in [0.3, 0.4) is 0 Å². The Bertz CT molecular complexity index is 578. The molecule has 0 bridgehead atoms. The first-order valence-corrected chi connectivity index (χ1v) is 6.53. The van der Waals surface area contributed by atoms with E-state index in [1.165, 1.54) is 17.5 Å². The Morgan fingerprint density at radius 2 is 2.31 bits per heavy atom. The lowest BCUT2D eigenvalue weighted by atomic mass is 10.4. The van der Waals surface area contributed by atoms with Gasteiger partial charge >= 0.3 is 0 Å². The molecule has 2 aromatic rings. The second-order valence-corrected chi connectivity index (χ2v) is 5.90. The number of aromatic nitrogens is 2. The van der Waals surface area contributed by atoms with Crippen molar-refractivity contribution in [2.45, 2.75) is 13.5 Å². The van der Waals surface area contributed by atoms with E-state index in [0.717, 1.165) is 9.21 Å². The van der Waals surface area contributed by atoms with E-state index in [2.05, 4.69) is 20.9 Å². The third-order valence-corrected chi connectivity index (χ3v) is 3.91. The largest absolute Gasteiger partial charge is 0.291 e. The number of aryl methyl sites for hydroxylation is 1. The van der Waals surface area contributed by atoms with E-state index >= 15 is 0 Å². The Balaban J connectivity index is 2.42. The molecule has 0 atom stereocenters. The van der Waals surface area contributed by atoms with Gasteiger partial charge in [0.2, 0.25) is 0 Å². The van der Waals surface area contributed by atoms with Crippen LogP contribution >= 0.6 is 38.9 Å². The molecule has 16 heavy (non-hydrogen) atoms. The van der Waals surface area contributed by atoms with E-state index in [-0.39, 0.29) is 5.56 Å². The van der Waals surface area contributed by atoms with Crippen LogP contribution in [0.2, 0.25) is 4.34 Å². The monoisotopic (exact) mass is 318 g/mol. The maximum absolute atomic E-state index is 11.8. The van der Waals surface area contributed by atoms with E-state index < -0.39 is 0 Å². The van der Waals surface area contributed by atoms with Crippen molar-refractivity contribution >= 4 is 38.9 Å². The zero-order valence-electron chi connectivity index (χ0n) is 8.41. The van der Waals surface area contributed by atoms with Gasteiger partial charge in [-0.15, -0.1) is 11.3 Å². The third-order valence-electron chi connectivity index (χ3n) is 2.15. The zero-order valence-corrected chi connectivity index (χ0v) is 11.6. The number of halogens is 2. The second-order valence-electron chi connectivity index (χ2n) is 3.25. The molecule has 0 unspecified atom stereocenters. The second kappa shape index (κ2) is 4.69. The van der Waals surface area contributed by atoms with Gasteiger partial charge in [0.1, 0.15) is 10.3 Å². The van der Waals surface area contributed by atoms with Gasteiger partial charge in [-0.3, -0.25) is 9.36 Å². The summed E-state index contributed by atoms with van der Waals surface area (Å²) in [5, 5.41) is 0. The normalized spacial score (nSPS) is 10.7. The summed E-state index contributed by atoms with van der Waals surface area (Å²) < 4.78 is 2.82. The molecular weight excluding hydrogens is 312 g/mol. The minimum atomic E-state index is -0.0722. The Morgan fingerprint density at radius 1 is 1.56 bits per heavy atom. The average molecular weight is 320 g/mol. The van der Waals surface area contributed by atoms with E-state index in [1.807, 2.05) is 19.1 Å². The Labute approximate surface area is 110 Å². The van der Waals surface area contributed by atoms with Crippen LogP contribution in [0.15, 0.2) is 27.6 Å². The summed E-state index contributed by atoms with van der Waals surface area (Å²) in [5.41, 5.74) is -0.0722. The number of hydrogen-bond donors (Lipinski definition) is 0. The molecule has 2 rings (SSSR count). The van der Waals surface area contributed by atoms with Crippen molar-refractivity contribution in [2.75, 3.05) is 0 Å². The van der Waals surface area contributed by atoms with Crippen LogP contribution in [0.4, 0.5) is 0 Å². The molecule has 0 amide bonds. The Morgan fingerprint density at radius 3 is 2.94 bits per heavy atom. The topological polar surface area (TPSA) is 34.9 Å². The van der Waals surface area contributed by atoms with Gasteiger partial charge in [0.15, 0.2) is 0 Å². The zero-order chi connectivity index (χ0) is 11.7. The van der Waals surface area contributed by atoms with Crippen molar-refractivity contribution in [1.82, 2.24) is 9.55 Å². The molecule has 84 valence electrons. The van der Waals surface area contributed by atoms with Gasteiger partial charge in [-0.25, -0.2) is 4.98 Å².